The number of nitrogen functional groups attached to an aromatic ring is 1. The van der Waals surface area contributed by atoms with Gasteiger partial charge in [-0.3, -0.25) is 9.59 Å². The molecule has 6 nitrogen and oxygen atoms in total. The normalized spacial score (nSPS) is 23.9. The fourth-order valence-corrected chi connectivity index (χ4v) is 2.16. The number of hydrogen-bond acceptors (Lipinski definition) is 4. The number of nitrogens with two attached hydrogens (primary N) is 1. The third-order valence-corrected chi connectivity index (χ3v) is 3.49. The Hall–Kier alpha value is -2.24. The molecule has 0 bridgehead atoms. The summed E-state index contributed by atoms with van der Waals surface area (Å²) in [5.41, 5.74) is 7.34. The van der Waals surface area contributed by atoms with E-state index in [1.807, 2.05) is 6.92 Å². The molecule has 1 saturated carbocycles. The topological polar surface area (TPSA) is 93.5 Å². The number of hydrogen-bond donors (Lipinski definition) is 3. The van der Waals surface area contributed by atoms with Gasteiger partial charge in [-0.25, -0.2) is 0 Å². The van der Waals surface area contributed by atoms with Gasteiger partial charge in [0.2, 0.25) is 5.91 Å². The first kappa shape index (κ1) is 11.8. The van der Waals surface area contributed by atoms with Gasteiger partial charge < -0.3 is 21.1 Å². The van der Waals surface area contributed by atoms with Gasteiger partial charge in [-0.1, -0.05) is 6.92 Å². The molecule has 1 aliphatic heterocycles. The first-order valence-electron chi connectivity index (χ1n) is 6.21. The number of carbonyl (C=O) groups excluding carboxylic acids is 2. The van der Waals surface area contributed by atoms with E-state index >= 15 is 0 Å². The fourth-order valence-electron chi connectivity index (χ4n) is 2.16. The number of nitrogens with one attached hydrogen (secondary N) is 2. The minimum atomic E-state index is -0.217. The van der Waals surface area contributed by atoms with Crippen molar-refractivity contribution in [2.75, 3.05) is 23.0 Å². The second-order valence-electron chi connectivity index (χ2n) is 5.08. The molecule has 100 valence electrons. The minimum absolute atomic E-state index is 0.0161. The van der Waals surface area contributed by atoms with Crippen LogP contribution in [-0.2, 0) is 9.59 Å². The predicted molar refractivity (Wildman–Crippen MR) is 70.9 cm³/mol. The molecule has 1 fully saturated rings. The van der Waals surface area contributed by atoms with Crippen molar-refractivity contribution in [3.05, 3.63) is 12.1 Å². The number of carbonyl (C=O) groups is 2. The SMILES string of the molecule is CC1CC1C(=O)Nc1cc2c(cc1N)OCC(=O)N2. The Morgan fingerprint density at radius 2 is 2.26 bits per heavy atom. The molecule has 2 aliphatic rings. The molecular weight excluding hydrogens is 246 g/mol. The van der Waals surface area contributed by atoms with Crippen LogP contribution in [0.2, 0.25) is 0 Å². The maximum Gasteiger partial charge on any atom is 0.262 e. The zero-order valence-electron chi connectivity index (χ0n) is 10.5. The molecule has 2 atom stereocenters. The van der Waals surface area contributed by atoms with Crippen LogP contribution < -0.4 is 21.1 Å². The van der Waals surface area contributed by atoms with E-state index in [9.17, 15) is 9.59 Å². The average Bonchev–Trinajstić information content (AvgIpc) is 3.08. The van der Waals surface area contributed by atoms with E-state index in [-0.39, 0.29) is 24.3 Å². The Bertz CT molecular complexity index is 570. The van der Waals surface area contributed by atoms with Crippen molar-refractivity contribution >= 4 is 28.9 Å². The van der Waals surface area contributed by atoms with Crippen LogP contribution in [-0.4, -0.2) is 18.4 Å². The van der Waals surface area contributed by atoms with Gasteiger partial charge in [-0.05, 0) is 18.4 Å². The molecular formula is C13H15N3O3. The third kappa shape index (κ3) is 2.21. The summed E-state index contributed by atoms with van der Waals surface area (Å²) < 4.78 is 5.25. The fraction of sp³-hybridized carbons (Fsp3) is 0.385. The summed E-state index contributed by atoms with van der Waals surface area (Å²) in [7, 11) is 0. The predicted octanol–water partition coefficient (Wildman–Crippen LogP) is 1.19. The van der Waals surface area contributed by atoms with Gasteiger partial charge in [0, 0.05) is 12.0 Å². The summed E-state index contributed by atoms with van der Waals surface area (Å²) in [5.74, 6) is 0.783. The van der Waals surface area contributed by atoms with Gasteiger partial charge in [0.1, 0.15) is 5.75 Å². The van der Waals surface area contributed by atoms with Crippen LogP contribution in [0.1, 0.15) is 13.3 Å². The van der Waals surface area contributed by atoms with Crippen LogP contribution in [0.4, 0.5) is 17.1 Å². The highest BCUT2D eigenvalue weighted by atomic mass is 16.5. The summed E-state index contributed by atoms with van der Waals surface area (Å²) in [4.78, 5) is 23.1. The average molecular weight is 261 g/mol. The first-order valence-corrected chi connectivity index (χ1v) is 6.21. The van der Waals surface area contributed by atoms with Gasteiger partial charge in [-0.2, -0.15) is 0 Å². The molecule has 19 heavy (non-hydrogen) atoms. The van der Waals surface area contributed by atoms with Crippen molar-refractivity contribution in [3.8, 4) is 5.75 Å². The van der Waals surface area contributed by atoms with Crippen molar-refractivity contribution in [1.82, 2.24) is 0 Å². The third-order valence-electron chi connectivity index (χ3n) is 3.49. The molecule has 6 heteroatoms. The summed E-state index contributed by atoms with van der Waals surface area (Å²) in [6, 6.07) is 3.24. The summed E-state index contributed by atoms with van der Waals surface area (Å²) >= 11 is 0. The quantitative estimate of drug-likeness (QED) is 0.697. The summed E-state index contributed by atoms with van der Waals surface area (Å²) in [6.45, 7) is 2.02. The van der Waals surface area contributed by atoms with Crippen LogP contribution in [0.5, 0.6) is 5.75 Å². The highest BCUT2D eigenvalue weighted by Gasteiger charge is 2.39. The zero-order valence-corrected chi connectivity index (χ0v) is 10.5. The lowest BCUT2D eigenvalue weighted by Crippen LogP contribution is -2.26. The maximum atomic E-state index is 11.9. The van der Waals surface area contributed by atoms with Crippen molar-refractivity contribution in [2.45, 2.75) is 13.3 Å². The Kier molecular flexibility index (Phi) is 2.58. The molecule has 4 N–H and O–H groups in total. The van der Waals surface area contributed by atoms with Crippen molar-refractivity contribution in [2.24, 2.45) is 11.8 Å². The van der Waals surface area contributed by atoms with Crippen LogP contribution in [0.25, 0.3) is 0 Å². The Morgan fingerprint density at radius 3 is 2.95 bits per heavy atom. The lowest BCUT2D eigenvalue weighted by atomic mass is 10.2. The van der Waals surface area contributed by atoms with Crippen molar-refractivity contribution < 1.29 is 14.3 Å². The first-order chi connectivity index (χ1) is 9.04. The van der Waals surface area contributed by atoms with Crippen LogP contribution in [0, 0.1) is 11.8 Å². The largest absolute Gasteiger partial charge is 0.482 e. The Labute approximate surface area is 110 Å². The van der Waals surface area contributed by atoms with Gasteiger partial charge in [-0.15, -0.1) is 0 Å². The maximum absolute atomic E-state index is 11.9. The molecule has 1 aliphatic carbocycles. The Morgan fingerprint density at radius 1 is 1.53 bits per heavy atom. The van der Waals surface area contributed by atoms with Crippen molar-refractivity contribution in [3.63, 3.8) is 0 Å². The van der Waals surface area contributed by atoms with Crippen LogP contribution in [0.15, 0.2) is 12.1 Å². The van der Waals surface area contributed by atoms with E-state index in [2.05, 4.69) is 10.6 Å². The number of anilines is 3. The highest BCUT2D eigenvalue weighted by Crippen LogP contribution is 2.40. The molecule has 2 amide bonds. The minimum Gasteiger partial charge on any atom is -0.482 e. The lowest BCUT2D eigenvalue weighted by molar-refractivity contribution is -0.119. The highest BCUT2D eigenvalue weighted by molar-refractivity contribution is 6.01. The monoisotopic (exact) mass is 261 g/mol. The van der Waals surface area contributed by atoms with Gasteiger partial charge in [0.25, 0.3) is 5.91 Å². The molecule has 1 aromatic rings. The number of rotatable bonds is 2. The van der Waals surface area contributed by atoms with E-state index in [0.29, 0.717) is 28.7 Å². The standard InChI is InChI=1S/C13H15N3O3/c1-6-2-7(6)13(18)16-9-4-10-11(3-8(9)14)19-5-12(17)15-10/h3-4,6-7H,2,5,14H2,1H3,(H,15,17)(H,16,18). The van der Waals surface area contributed by atoms with E-state index in [0.717, 1.165) is 6.42 Å². The Balaban J connectivity index is 1.83. The van der Waals surface area contributed by atoms with E-state index < -0.39 is 0 Å². The summed E-state index contributed by atoms with van der Waals surface area (Å²) in [5, 5.41) is 5.48. The number of fused-ring (bicyclic) bond motifs is 1. The van der Waals surface area contributed by atoms with E-state index in [1.54, 1.807) is 12.1 Å². The molecule has 0 aromatic heterocycles. The second kappa shape index (κ2) is 4.15. The number of ether oxygens (including phenoxy) is 1. The zero-order chi connectivity index (χ0) is 13.6. The molecule has 1 heterocycles. The molecule has 0 radical (unpaired) electrons. The van der Waals surface area contributed by atoms with Gasteiger partial charge >= 0.3 is 0 Å². The lowest BCUT2D eigenvalue weighted by Gasteiger charge is -2.20. The molecule has 1 aromatic carbocycles. The van der Waals surface area contributed by atoms with Crippen LogP contribution >= 0.6 is 0 Å². The molecule has 3 rings (SSSR count). The van der Waals surface area contributed by atoms with Crippen LogP contribution in [0.3, 0.4) is 0 Å². The molecule has 0 saturated heterocycles. The molecule has 2 unspecified atom stereocenters. The smallest absolute Gasteiger partial charge is 0.262 e. The molecule has 0 spiro atoms. The van der Waals surface area contributed by atoms with Gasteiger partial charge in [0.05, 0.1) is 17.1 Å². The van der Waals surface area contributed by atoms with Gasteiger partial charge in [0.15, 0.2) is 6.61 Å². The number of benzene rings is 1. The van der Waals surface area contributed by atoms with Crippen molar-refractivity contribution in [1.29, 1.82) is 0 Å². The summed E-state index contributed by atoms with van der Waals surface area (Å²) in [6.07, 6.45) is 0.913. The second-order valence-corrected chi connectivity index (χ2v) is 5.08. The van der Waals surface area contributed by atoms with E-state index in [4.69, 9.17) is 10.5 Å². The van der Waals surface area contributed by atoms with E-state index in [1.165, 1.54) is 0 Å². The number of amides is 2.